The third kappa shape index (κ3) is 2.14. The normalized spacial score (nSPS) is 26.6. The van der Waals surface area contributed by atoms with Crippen LogP contribution in [0.2, 0.25) is 0 Å². The van der Waals surface area contributed by atoms with Gasteiger partial charge in [-0.2, -0.15) is 5.26 Å². The number of fused-ring (bicyclic) bond motifs is 1. The van der Waals surface area contributed by atoms with Crippen molar-refractivity contribution >= 4 is 11.5 Å². The molecule has 100 valence electrons. The van der Waals surface area contributed by atoms with E-state index in [-0.39, 0.29) is 0 Å². The zero-order chi connectivity index (χ0) is 13.2. The van der Waals surface area contributed by atoms with E-state index in [2.05, 4.69) is 16.0 Å². The summed E-state index contributed by atoms with van der Waals surface area (Å²) in [6.45, 7) is 1.02. The van der Waals surface area contributed by atoms with Crippen LogP contribution in [0.15, 0.2) is 12.3 Å². The van der Waals surface area contributed by atoms with E-state index in [0.29, 0.717) is 17.3 Å². The molecule has 1 saturated carbocycles. The van der Waals surface area contributed by atoms with Gasteiger partial charge in [-0.3, -0.25) is 0 Å². The molecule has 0 spiro atoms. The first-order valence-electron chi connectivity index (χ1n) is 7.22. The number of hydrogen-bond acceptors (Lipinski definition) is 4. The van der Waals surface area contributed by atoms with Crippen LogP contribution in [0.5, 0.6) is 0 Å². The van der Waals surface area contributed by atoms with E-state index in [0.717, 1.165) is 18.3 Å². The van der Waals surface area contributed by atoms with E-state index in [1.54, 1.807) is 12.3 Å². The molecule has 0 radical (unpaired) electrons. The first-order chi connectivity index (χ1) is 9.31. The Morgan fingerprint density at radius 2 is 2.05 bits per heavy atom. The quantitative estimate of drug-likeness (QED) is 0.839. The second kappa shape index (κ2) is 5.08. The summed E-state index contributed by atoms with van der Waals surface area (Å²) in [5, 5.41) is 9.10. The average Bonchev–Trinajstić information content (AvgIpc) is 2.47. The first kappa shape index (κ1) is 12.3. The molecule has 1 aliphatic carbocycles. The van der Waals surface area contributed by atoms with Crippen molar-refractivity contribution in [2.45, 2.75) is 44.6 Å². The monoisotopic (exact) mass is 256 g/mol. The van der Waals surface area contributed by atoms with Gasteiger partial charge in [0.25, 0.3) is 0 Å². The third-order valence-corrected chi connectivity index (χ3v) is 4.60. The van der Waals surface area contributed by atoms with Crippen molar-refractivity contribution in [1.29, 1.82) is 5.26 Å². The SMILES string of the molecule is N#Cc1ccnc(N2CCC[C@H]3CCCC[C@H]32)c1N. The third-order valence-electron chi connectivity index (χ3n) is 4.60. The molecule has 4 heteroatoms. The largest absolute Gasteiger partial charge is 0.395 e. The van der Waals surface area contributed by atoms with Gasteiger partial charge in [-0.25, -0.2) is 4.98 Å². The predicted molar refractivity (Wildman–Crippen MR) is 75.7 cm³/mol. The molecule has 1 aromatic heterocycles. The van der Waals surface area contributed by atoms with Gasteiger partial charge in [0.1, 0.15) is 6.07 Å². The summed E-state index contributed by atoms with van der Waals surface area (Å²) in [4.78, 5) is 6.82. The highest BCUT2D eigenvalue weighted by molar-refractivity contribution is 5.70. The number of nitrogens with two attached hydrogens (primary N) is 1. The van der Waals surface area contributed by atoms with Gasteiger partial charge < -0.3 is 10.6 Å². The number of nitrogen functional groups attached to an aromatic ring is 1. The molecular weight excluding hydrogens is 236 g/mol. The van der Waals surface area contributed by atoms with Crippen LogP contribution >= 0.6 is 0 Å². The Hall–Kier alpha value is -1.76. The molecule has 2 aliphatic rings. The van der Waals surface area contributed by atoms with E-state index in [9.17, 15) is 0 Å². The van der Waals surface area contributed by atoms with Crippen molar-refractivity contribution in [3.8, 4) is 6.07 Å². The number of hydrogen-bond donors (Lipinski definition) is 1. The fourth-order valence-electron chi connectivity index (χ4n) is 3.68. The number of rotatable bonds is 1. The number of nitriles is 1. The van der Waals surface area contributed by atoms with Crippen LogP contribution in [0.25, 0.3) is 0 Å². The maximum atomic E-state index is 9.10. The van der Waals surface area contributed by atoms with Crippen molar-refractivity contribution in [1.82, 2.24) is 4.98 Å². The lowest BCUT2D eigenvalue weighted by atomic mass is 9.78. The van der Waals surface area contributed by atoms with E-state index >= 15 is 0 Å². The highest BCUT2D eigenvalue weighted by atomic mass is 15.2. The lowest BCUT2D eigenvalue weighted by Crippen LogP contribution is -2.47. The van der Waals surface area contributed by atoms with Gasteiger partial charge >= 0.3 is 0 Å². The van der Waals surface area contributed by atoms with Crippen LogP contribution in [0.4, 0.5) is 11.5 Å². The molecule has 2 N–H and O–H groups in total. The molecule has 2 atom stereocenters. The minimum atomic E-state index is 0.544. The smallest absolute Gasteiger partial charge is 0.153 e. The molecule has 19 heavy (non-hydrogen) atoms. The van der Waals surface area contributed by atoms with Crippen LogP contribution in [0.1, 0.15) is 44.1 Å². The van der Waals surface area contributed by atoms with E-state index in [4.69, 9.17) is 11.0 Å². The molecule has 0 amide bonds. The van der Waals surface area contributed by atoms with Crippen molar-refractivity contribution < 1.29 is 0 Å². The van der Waals surface area contributed by atoms with Gasteiger partial charge in [-0.15, -0.1) is 0 Å². The standard InChI is InChI=1S/C15H20N4/c16-10-12-7-8-18-15(14(12)17)19-9-3-5-11-4-1-2-6-13(11)19/h7-8,11,13H,1-6,9,17H2/t11-,13-/m1/s1. The summed E-state index contributed by atoms with van der Waals surface area (Å²) in [7, 11) is 0. The topological polar surface area (TPSA) is 65.9 Å². The van der Waals surface area contributed by atoms with Crippen LogP contribution in [0.3, 0.4) is 0 Å². The van der Waals surface area contributed by atoms with Crippen LogP contribution in [0, 0.1) is 17.2 Å². The van der Waals surface area contributed by atoms with Gasteiger partial charge in [-0.1, -0.05) is 12.8 Å². The molecule has 0 bridgehead atoms. The summed E-state index contributed by atoms with van der Waals surface area (Å²) in [6, 6.07) is 4.43. The second-order valence-electron chi connectivity index (χ2n) is 5.66. The van der Waals surface area contributed by atoms with Gasteiger partial charge in [0, 0.05) is 18.8 Å². The Labute approximate surface area is 114 Å². The van der Waals surface area contributed by atoms with Crippen molar-refractivity contribution in [2.24, 2.45) is 5.92 Å². The first-order valence-corrected chi connectivity index (χ1v) is 7.22. The summed E-state index contributed by atoms with van der Waals surface area (Å²) in [6.07, 6.45) is 9.47. The fourth-order valence-corrected chi connectivity index (χ4v) is 3.68. The molecule has 0 unspecified atom stereocenters. The molecule has 1 aliphatic heterocycles. The number of piperidine rings is 1. The van der Waals surface area contributed by atoms with E-state index < -0.39 is 0 Å². The lowest BCUT2D eigenvalue weighted by Gasteiger charge is -2.45. The van der Waals surface area contributed by atoms with Crippen molar-refractivity contribution in [3.05, 3.63) is 17.8 Å². The van der Waals surface area contributed by atoms with Gasteiger partial charge in [0.15, 0.2) is 5.82 Å². The van der Waals surface area contributed by atoms with Crippen LogP contribution < -0.4 is 10.6 Å². The minimum Gasteiger partial charge on any atom is -0.395 e. The zero-order valence-corrected chi connectivity index (χ0v) is 11.2. The maximum Gasteiger partial charge on any atom is 0.153 e. The van der Waals surface area contributed by atoms with Crippen LogP contribution in [-0.2, 0) is 0 Å². The molecule has 4 nitrogen and oxygen atoms in total. The number of anilines is 2. The molecule has 2 fully saturated rings. The number of pyridine rings is 1. The Bertz CT molecular complexity index is 503. The summed E-state index contributed by atoms with van der Waals surface area (Å²) < 4.78 is 0. The molecule has 1 aromatic rings. The van der Waals surface area contributed by atoms with Gasteiger partial charge in [0.2, 0.25) is 0 Å². The Morgan fingerprint density at radius 3 is 2.89 bits per heavy atom. The van der Waals surface area contributed by atoms with Crippen molar-refractivity contribution in [3.63, 3.8) is 0 Å². The van der Waals surface area contributed by atoms with E-state index in [1.807, 2.05) is 0 Å². The summed E-state index contributed by atoms with van der Waals surface area (Å²) in [5.74, 6) is 1.62. The minimum absolute atomic E-state index is 0.544. The summed E-state index contributed by atoms with van der Waals surface area (Å²) in [5.41, 5.74) is 7.22. The number of nitrogens with zero attached hydrogens (tertiary/aromatic N) is 3. The molecular formula is C15H20N4. The molecule has 2 heterocycles. The molecule has 1 saturated heterocycles. The van der Waals surface area contributed by atoms with E-state index in [1.165, 1.54) is 38.5 Å². The summed E-state index contributed by atoms with van der Waals surface area (Å²) >= 11 is 0. The fraction of sp³-hybridized carbons (Fsp3) is 0.600. The Kier molecular flexibility index (Phi) is 3.29. The lowest BCUT2D eigenvalue weighted by molar-refractivity contribution is 0.243. The average molecular weight is 256 g/mol. The van der Waals surface area contributed by atoms with Gasteiger partial charge in [0.05, 0.1) is 11.3 Å². The highest BCUT2D eigenvalue weighted by Gasteiger charge is 2.34. The van der Waals surface area contributed by atoms with Crippen LogP contribution in [-0.4, -0.2) is 17.6 Å². The molecule has 0 aromatic carbocycles. The maximum absolute atomic E-state index is 9.10. The Morgan fingerprint density at radius 1 is 1.26 bits per heavy atom. The van der Waals surface area contributed by atoms with Gasteiger partial charge in [-0.05, 0) is 37.7 Å². The second-order valence-corrected chi connectivity index (χ2v) is 5.66. The van der Waals surface area contributed by atoms with Crippen molar-refractivity contribution in [2.75, 3.05) is 17.2 Å². The predicted octanol–water partition coefficient (Wildman–Crippen LogP) is 2.69. The number of aromatic nitrogens is 1. The Balaban J connectivity index is 1.94. The highest BCUT2D eigenvalue weighted by Crippen LogP contribution is 2.39. The molecule has 3 rings (SSSR count). The zero-order valence-electron chi connectivity index (χ0n) is 11.2.